The van der Waals surface area contributed by atoms with Crippen LogP contribution in [-0.4, -0.2) is 35.5 Å². The summed E-state index contributed by atoms with van der Waals surface area (Å²) in [4.78, 5) is 0. The van der Waals surface area contributed by atoms with Gasteiger partial charge in [0.2, 0.25) is 0 Å². The fourth-order valence-corrected chi connectivity index (χ4v) is 7.47. The molecule has 1 aliphatic rings. The lowest BCUT2D eigenvalue weighted by atomic mass is 10.2. The summed E-state index contributed by atoms with van der Waals surface area (Å²) < 4.78 is 0. The predicted octanol–water partition coefficient (Wildman–Crippen LogP) is 3.59. The third kappa shape index (κ3) is 2.06. The molecular weight excluding hydrogens is 176 g/mol. The minimum atomic E-state index is -1.48. The molecule has 0 amide bonds. The first-order valence-corrected chi connectivity index (χ1v) is 9.68. The van der Waals surface area contributed by atoms with Crippen LogP contribution in [0.15, 0.2) is 0 Å². The molecule has 0 radical (unpaired) electrons. The first kappa shape index (κ1) is 11.4. The molecule has 0 saturated carbocycles. The van der Waals surface area contributed by atoms with Crippen LogP contribution in [0.3, 0.4) is 0 Å². The standard InChI is InChI=1S/C12H28S/c1-6-13(4,5,9-7-10-13)11-8-12(2)3/h12H,6-11H2,1-5H3. The third-order valence-corrected chi connectivity index (χ3v) is 12.9. The minimum absolute atomic E-state index is 0.888. The van der Waals surface area contributed by atoms with E-state index in [2.05, 4.69) is 33.3 Å². The molecule has 0 unspecified atom stereocenters. The summed E-state index contributed by atoms with van der Waals surface area (Å²) in [6, 6.07) is 0. The summed E-state index contributed by atoms with van der Waals surface area (Å²) in [7, 11) is -1.48. The Morgan fingerprint density at radius 1 is 1.15 bits per heavy atom. The van der Waals surface area contributed by atoms with Gasteiger partial charge in [0.15, 0.2) is 0 Å². The van der Waals surface area contributed by atoms with E-state index in [9.17, 15) is 0 Å². The molecule has 13 heavy (non-hydrogen) atoms. The largest absolute Gasteiger partial charge is 0.279 e. The monoisotopic (exact) mass is 204 g/mol. The average molecular weight is 204 g/mol. The van der Waals surface area contributed by atoms with Gasteiger partial charge in [0.05, 0.1) is 0 Å². The molecule has 0 aliphatic carbocycles. The van der Waals surface area contributed by atoms with Crippen LogP contribution in [0.5, 0.6) is 0 Å². The van der Waals surface area contributed by atoms with E-state index in [0.29, 0.717) is 0 Å². The molecule has 1 heteroatoms. The zero-order chi connectivity index (χ0) is 10.2. The molecule has 1 fully saturated rings. The molecule has 0 aromatic carbocycles. The van der Waals surface area contributed by atoms with Gasteiger partial charge in [0, 0.05) is 0 Å². The van der Waals surface area contributed by atoms with Gasteiger partial charge in [0.25, 0.3) is 0 Å². The van der Waals surface area contributed by atoms with E-state index in [0.717, 1.165) is 5.92 Å². The maximum Gasteiger partial charge on any atom is -0.0333 e. The topological polar surface area (TPSA) is 0 Å². The zero-order valence-corrected chi connectivity index (χ0v) is 11.0. The summed E-state index contributed by atoms with van der Waals surface area (Å²) in [6.07, 6.45) is 8.26. The zero-order valence-electron chi connectivity index (χ0n) is 10.2. The van der Waals surface area contributed by atoms with E-state index < -0.39 is 8.29 Å². The lowest BCUT2D eigenvalue weighted by Crippen LogP contribution is -2.53. The first-order valence-electron chi connectivity index (χ1n) is 5.74. The van der Waals surface area contributed by atoms with Crippen LogP contribution >= 0.6 is 8.29 Å². The molecule has 0 N–H and O–H groups in total. The lowest BCUT2D eigenvalue weighted by Gasteiger charge is -2.81. The second-order valence-electron chi connectivity index (χ2n) is 6.88. The molecule has 0 spiro atoms. The number of hydrogen-bond donors (Lipinski definition) is 0. The summed E-state index contributed by atoms with van der Waals surface area (Å²) in [5.74, 6) is 7.01. The minimum Gasteiger partial charge on any atom is -0.279 e. The van der Waals surface area contributed by atoms with Gasteiger partial charge in [0.1, 0.15) is 0 Å². The first-order chi connectivity index (χ1) is 5.74. The molecular formula is C12H28S. The van der Waals surface area contributed by atoms with Gasteiger partial charge in [-0.25, -0.2) is 0 Å². The van der Waals surface area contributed by atoms with Crippen molar-refractivity contribution in [3.63, 3.8) is 0 Å². The van der Waals surface area contributed by atoms with Crippen LogP contribution in [0.25, 0.3) is 0 Å². The van der Waals surface area contributed by atoms with Crippen molar-refractivity contribution in [2.75, 3.05) is 35.5 Å². The normalized spacial score (nSPS) is 33.7. The van der Waals surface area contributed by atoms with Gasteiger partial charge >= 0.3 is 0 Å². The molecule has 0 bridgehead atoms. The second kappa shape index (κ2) is 2.68. The van der Waals surface area contributed by atoms with E-state index in [1.165, 1.54) is 24.3 Å². The van der Waals surface area contributed by atoms with Crippen molar-refractivity contribution in [2.45, 2.75) is 33.6 Å². The highest BCUT2D eigenvalue weighted by Crippen LogP contribution is 2.89. The average Bonchev–Trinajstić information content (AvgIpc) is 2.01. The molecule has 1 heterocycles. The molecule has 0 aromatic heterocycles. The van der Waals surface area contributed by atoms with Crippen molar-refractivity contribution in [1.29, 1.82) is 0 Å². The van der Waals surface area contributed by atoms with Crippen LogP contribution in [0.4, 0.5) is 0 Å². The van der Waals surface area contributed by atoms with Crippen molar-refractivity contribution < 1.29 is 0 Å². The number of rotatable bonds is 4. The van der Waals surface area contributed by atoms with Crippen molar-refractivity contribution in [3.05, 3.63) is 0 Å². The fourth-order valence-electron chi connectivity index (χ4n) is 2.49. The quantitative estimate of drug-likeness (QED) is 0.656. The Labute approximate surface area is 83.7 Å². The van der Waals surface area contributed by atoms with Crippen molar-refractivity contribution >= 4 is 8.29 Å². The van der Waals surface area contributed by atoms with Crippen LogP contribution in [-0.2, 0) is 0 Å². The molecule has 1 rings (SSSR count). The third-order valence-electron chi connectivity index (χ3n) is 4.70. The Morgan fingerprint density at radius 3 is 1.92 bits per heavy atom. The maximum atomic E-state index is 2.66. The molecule has 0 nitrogen and oxygen atoms in total. The van der Waals surface area contributed by atoms with Gasteiger partial charge in [-0.3, -0.25) is 8.29 Å². The fraction of sp³-hybridized carbons (Fsp3) is 1.00. The Bertz CT molecular complexity index is 194. The second-order valence-corrected chi connectivity index (χ2v) is 16.6. The van der Waals surface area contributed by atoms with Crippen LogP contribution in [0, 0.1) is 5.92 Å². The van der Waals surface area contributed by atoms with Gasteiger partial charge in [-0.2, -0.15) is 0 Å². The van der Waals surface area contributed by atoms with E-state index in [-0.39, 0.29) is 0 Å². The van der Waals surface area contributed by atoms with E-state index in [4.69, 9.17) is 0 Å². The number of hydrogen-bond acceptors (Lipinski definition) is 0. The summed E-state index contributed by atoms with van der Waals surface area (Å²) >= 11 is 0. The van der Waals surface area contributed by atoms with Crippen molar-refractivity contribution in [2.24, 2.45) is 5.92 Å². The Hall–Kier alpha value is 0.350. The van der Waals surface area contributed by atoms with E-state index >= 15 is 0 Å². The molecule has 1 saturated heterocycles. The van der Waals surface area contributed by atoms with Gasteiger partial charge in [-0.05, 0) is 54.3 Å². The lowest BCUT2D eigenvalue weighted by molar-refractivity contribution is 0.624. The maximum absolute atomic E-state index is 2.66. The molecule has 82 valence electrons. The molecule has 0 aromatic rings. The SMILES string of the molecule is CCS1(C)(C)(CCC(C)C)CCC1. The van der Waals surface area contributed by atoms with Crippen LogP contribution in [0.2, 0.25) is 0 Å². The highest BCUT2D eigenvalue weighted by molar-refractivity contribution is 8.64. The van der Waals surface area contributed by atoms with Crippen molar-refractivity contribution in [3.8, 4) is 0 Å². The highest BCUT2D eigenvalue weighted by atomic mass is 32.4. The van der Waals surface area contributed by atoms with Crippen molar-refractivity contribution in [1.82, 2.24) is 0 Å². The molecule has 1 aliphatic heterocycles. The van der Waals surface area contributed by atoms with Gasteiger partial charge in [-0.1, -0.05) is 20.8 Å². The predicted molar refractivity (Wildman–Crippen MR) is 68.7 cm³/mol. The Balaban J connectivity index is 2.70. The van der Waals surface area contributed by atoms with E-state index in [1.807, 2.05) is 0 Å². The highest BCUT2D eigenvalue weighted by Gasteiger charge is 2.55. The summed E-state index contributed by atoms with van der Waals surface area (Å²) in [5, 5.41) is 0. The molecule has 0 atom stereocenters. The van der Waals surface area contributed by atoms with Crippen LogP contribution < -0.4 is 0 Å². The summed E-state index contributed by atoms with van der Waals surface area (Å²) in [6.45, 7) is 7.15. The van der Waals surface area contributed by atoms with Gasteiger partial charge < -0.3 is 0 Å². The Morgan fingerprint density at radius 2 is 1.69 bits per heavy atom. The van der Waals surface area contributed by atoms with Crippen LogP contribution in [0.1, 0.15) is 33.6 Å². The van der Waals surface area contributed by atoms with E-state index in [1.54, 1.807) is 11.5 Å². The Kier molecular flexibility index (Phi) is 2.36. The summed E-state index contributed by atoms with van der Waals surface area (Å²) in [5.41, 5.74) is 0. The smallest absolute Gasteiger partial charge is 0.0333 e. The van der Waals surface area contributed by atoms with Gasteiger partial charge in [-0.15, -0.1) is 0 Å².